The number of phenolic OH excluding ortho intramolecular Hbond substituents is 1. The lowest BCUT2D eigenvalue weighted by Gasteiger charge is -2.09. The first-order valence-electron chi connectivity index (χ1n) is 13.7. The molecule has 4 rings (SSSR count). The number of sulfone groups is 2. The summed E-state index contributed by atoms with van der Waals surface area (Å²) >= 11 is 0. The first kappa shape index (κ1) is 33.0. The van der Waals surface area contributed by atoms with Gasteiger partial charge in [-0.2, -0.15) is 0 Å². The summed E-state index contributed by atoms with van der Waals surface area (Å²) in [6.07, 6.45) is 2.32. The molecule has 0 unspecified atom stereocenters. The Morgan fingerprint density at radius 3 is 1.27 bits per heavy atom. The molecule has 4 aromatic rings. The van der Waals surface area contributed by atoms with Gasteiger partial charge >= 0.3 is 11.9 Å². The number of benzene rings is 4. The number of carbonyl (C=O) groups is 2. The van der Waals surface area contributed by atoms with E-state index in [0.29, 0.717) is 25.2 Å². The first-order valence-corrected chi connectivity index (χ1v) is 16.7. The van der Waals surface area contributed by atoms with Crippen molar-refractivity contribution in [2.45, 2.75) is 45.3 Å². The van der Waals surface area contributed by atoms with Crippen LogP contribution < -0.4 is 14.2 Å². The minimum atomic E-state index is -3.80. The van der Waals surface area contributed by atoms with E-state index in [0.717, 1.165) is 0 Å². The standard InChI is InChI=1S/C33H30O10S2/c1-2-23-41-25-9-17-29(18-10-25)45(39,40)31-21-13-27(14-22-31)43-33(36)6-4-3-5-32(35)42-26-11-19-30(20-12-26)44(37,38)28-15-7-24(34)8-16-28/h2,7-22,34H,1,3-6,23H2. The van der Waals surface area contributed by atoms with Gasteiger partial charge in [-0.3, -0.25) is 9.59 Å². The van der Waals surface area contributed by atoms with Crippen LogP contribution in [0.15, 0.2) is 129 Å². The molecule has 1 N–H and O–H groups in total. The average molecular weight is 651 g/mol. The molecule has 0 spiro atoms. The van der Waals surface area contributed by atoms with Crippen LogP contribution in [0.3, 0.4) is 0 Å². The lowest BCUT2D eigenvalue weighted by molar-refractivity contribution is -0.136. The monoisotopic (exact) mass is 650 g/mol. The van der Waals surface area contributed by atoms with Crippen molar-refractivity contribution < 1.29 is 45.7 Å². The molecule has 0 heterocycles. The Kier molecular flexibility index (Phi) is 10.8. The first-order chi connectivity index (χ1) is 21.5. The number of ether oxygens (including phenoxy) is 3. The predicted molar refractivity (Wildman–Crippen MR) is 164 cm³/mol. The maximum absolute atomic E-state index is 12.9. The van der Waals surface area contributed by atoms with Gasteiger partial charge in [-0.1, -0.05) is 12.7 Å². The second kappa shape index (κ2) is 14.7. The van der Waals surface area contributed by atoms with Crippen molar-refractivity contribution in [3.05, 3.63) is 110 Å². The molecule has 0 aliphatic rings. The molecular formula is C33H30O10S2. The van der Waals surface area contributed by atoms with Crippen LogP contribution >= 0.6 is 0 Å². The Morgan fingerprint density at radius 1 is 0.578 bits per heavy atom. The van der Waals surface area contributed by atoms with Crippen LogP contribution in [0.1, 0.15) is 25.7 Å². The molecule has 0 fully saturated rings. The number of unbranched alkanes of at least 4 members (excludes halogenated alkanes) is 1. The summed E-state index contributed by atoms with van der Waals surface area (Å²) < 4.78 is 67.2. The van der Waals surface area contributed by atoms with Gasteiger partial charge in [-0.05, 0) is 110 Å². The highest BCUT2D eigenvalue weighted by Crippen LogP contribution is 2.26. The Bertz CT molecular complexity index is 1850. The summed E-state index contributed by atoms with van der Waals surface area (Å²) in [6, 6.07) is 22.0. The SMILES string of the molecule is C=CCOc1ccc(S(=O)(=O)c2ccc(OC(=O)CCCCC(=O)Oc3ccc(S(=O)(=O)c4ccc(O)cc4)cc3)cc2)cc1. The molecule has 0 aliphatic heterocycles. The zero-order valence-electron chi connectivity index (χ0n) is 24.0. The van der Waals surface area contributed by atoms with Crippen molar-refractivity contribution in [2.24, 2.45) is 0 Å². The van der Waals surface area contributed by atoms with Gasteiger partial charge in [-0.25, -0.2) is 16.8 Å². The molecule has 0 amide bonds. The third kappa shape index (κ3) is 8.80. The van der Waals surface area contributed by atoms with Crippen LogP contribution in [0, 0.1) is 0 Å². The van der Waals surface area contributed by atoms with Crippen molar-refractivity contribution >= 4 is 31.6 Å². The Morgan fingerprint density at radius 2 is 0.911 bits per heavy atom. The molecule has 0 atom stereocenters. The van der Waals surface area contributed by atoms with Crippen molar-refractivity contribution in [2.75, 3.05) is 6.61 Å². The molecule has 4 aromatic carbocycles. The maximum Gasteiger partial charge on any atom is 0.311 e. The second-order valence-electron chi connectivity index (χ2n) is 9.67. The Balaban J connectivity index is 1.20. The van der Waals surface area contributed by atoms with E-state index in [2.05, 4.69) is 6.58 Å². The summed E-state index contributed by atoms with van der Waals surface area (Å²) in [5.74, 6) is -0.275. The minimum Gasteiger partial charge on any atom is -0.508 e. The summed E-state index contributed by atoms with van der Waals surface area (Å²) in [7, 11) is -7.59. The average Bonchev–Trinajstić information content (AvgIpc) is 3.03. The molecule has 0 radical (unpaired) electrons. The van der Waals surface area contributed by atoms with E-state index in [4.69, 9.17) is 14.2 Å². The summed E-state index contributed by atoms with van der Waals surface area (Å²) in [5, 5.41) is 9.37. The third-order valence-corrected chi connectivity index (χ3v) is 9.96. The number of phenols is 1. The summed E-state index contributed by atoms with van der Waals surface area (Å²) in [4.78, 5) is 24.6. The molecular weight excluding hydrogens is 620 g/mol. The fraction of sp³-hybridized carbons (Fsp3) is 0.152. The fourth-order valence-corrected chi connectivity index (χ4v) is 6.57. The minimum absolute atomic E-state index is 0.00287. The largest absolute Gasteiger partial charge is 0.508 e. The van der Waals surface area contributed by atoms with Crippen LogP contribution in [-0.2, 0) is 29.3 Å². The molecule has 10 nitrogen and oxygen atoms in total. The highest BCUT2D eigenvalue weighted by atomic mass is 32.2. The molecule has 0 aromatic heterocycles. The maximum atomic E-state index is 12.9. The molecule has 45 heavy (non-hydrogen) atoms. The quantitative estimate of drug-likeness (QED) is 0.0780. The second-order valence-corrected chi connectivity index (χ2v) is 13.6. The van der Waals surface area contributed by atoms with Crippen molar-refractivity contribution in [3.8, 4) is 23.0 Å². The van der Waals surface area contributed by atoms with Gasteiger partial charge in [0.2, 0.25) is 19.7 Å². The van der Waals surface area contributed by atoms with Crippen molar-refractivity contribution in [3.63, 3.8) is 0 Å². The highest BCUT2D eigenvalue weighted by Gasteiger charge is 2.19. The molecule has 234 valence electrons. The predicted octanol–water partition coefficient (Wildman–Crippen LogP) is 5.69. The van der Waals surface area contributed by atoms with E-state index in [-0.39, 0.29) is 49.7 Å². The van der Waals surface area contributed by atoms with E-state index in [1.807, 2.05) is 0 Å². The van der Waals surface area contributed by atoms with Gasteiger partial charge in [0, 0.05) is 12.8 Å². The van der Waals surface area contributed by atoms with E-state index in [1.54, 1.807) is 18.2 Å². The number of hydrogen-bond donors (Lipinski definition) is 1. The van der Waals surface area contributed by atoms with Crippen molar-refractivity contribution in [1.29, 1.82) is 0 Å². The van der Waals surface area contributed by atoms with E-state index < -0.39 is 31.6 Å². The molecule has 0 aliphatic carbocycles. The van der Waals surface area contributed by atoms with Crippen molar-refractivity contribution in [1.82, 2.24) is 0 Å². The number of carbonyl (C=O) groups excluding carboxylic acids is 2. The highest BCUT2D eigenvalue weighted by molar-refractivity contribution is 7.91. The normalized spacial score (nSPS) is 11.4. The Hall–Kier alpha value is -4.94. The smallest absolute Gasteiger partial charge is 0.311 e. The topological polar surface area (TPSA) is 150 Å². The fourth-order valence-electron chi connectivity index (χ4n) is 4.04. The summed E-state index contributed by atoms with van der Waals surface area (Å²) in [5.41, 5.74) is 0. The van der Waals surface area contributed by atoms with Crippen LogP contribution in [0.4, 0.5) is 0 Å². The Labute approximate surface area is 261 Å². The van der Waals surface area contributed by atoms with Crippen LogP contribution in [0.2, 0.25) is 0 Å². The molecule has 0 bridgehead atoms. The number of hydrogen-bond acceptors (Lipinski definition) is 10. The van der Waals surface area contributed by atoms with E-state index in [1.165, 1.54) is 84.9 Å². The third-order valence-electron chi connectivity index (χ3n) is 6.39. The van der Waals surface area contributed by atoms with Gasteiger partial charge in [0.1, 0.15) is 29.6 Å². The number of esters is 2. The van der Waals surface area contributed by atoms with E-state index in [9.17, 15) is 31.5 Å². The molecule has 0 saturated carbocycles. The van der Waals surface area contributed by atoms with Gasteiger partial charge in [0.25, 0.3) is 0 Å². The van der Waals surface area contributed by atoms with Gasteiger partial charge in [0.15, 0.2) is 0 Å². The summed E-state index contributed by atoms with van der Waals surface area (Å²) in [6.45, 7) is 3.87. The zero-order valence-corrected chi connectivity index (χ0v) is 25.6. The van der Waals surface area contributed by atoms with Crippen LogP contribution in [-0.4, -0.2) is 40.5 Å². The van der Waals surface area contributed by atoms with Crippen LogP contribution in [0.25, 0.3) is 0 Å². The lowest BCUT2D eigenvalue weighted by atomic mass is 10.2. The molecule has 12 heteroatoms. The number of rotatable bonds is 14. The lowest BCUT2D eigenvalue weighted by Crippen LogP contribution is -2.10. The van der Waals surface area contributed by atoms with Gasteiger partial charge < -0.3 is 19.3 Å². The van der Waals surface area contributed by atoms with E-state index >= 15 is 0 Å². The van der Waals surface area contributed by atoms with Crippen LogP contribution in [0.5, 0.6) is 23.0 Å². The number of aromatic hydroxyl groups is 1. The van der Waals surface area contributed by atoms with Gasteiger partial charge in [-0.15, -0.1) is 0 Å². The van der Waals surface area contributed by atoms with Gasteiger partial charge in [0.05, 0.1) is 19.6 Å². The zero-order chi connectivity index (χ0) is 32.5. The molecule has 0 saturated heterocycles.